The zero-order valence-electron chi connectivity index (χ0n) is 72.1. The minimum atomic E-state index is -0.979. The summed E-state index contributed by atoms with van der Waals surface area (Å²) >= 11 is 6.23. The fourth-order valence-corrected chi connectivity index (χ4v) is 24.0. The molecule has 6 aromatic rings. The standard InChI is InChI=1S/C31H43N5O4.C30H41N5O4.C23H30ClN3O.C8H14N2O3.Na.H2O/c1-40-31(39)27-14-9-17-34(27)28(37)20-32-29-30(38)36(26-13-8-7-12-25(26)33-29)24-18-22-15-16-23(19-24)35(22)21-10-5-3-2-4-6-11-21;36-27(33-16-8-13-26(33)30(38)39)19-31-28-29(37)35(25-12-7-6-11-24(25)32-28)23-17-21-14-15-22(18-23)34(21)20-9-4-2-1-3-5-10-20;24-22-23(28)27(21-11-7-6-10-20(21)25-22)19-14-17-12-13-18(15-19)26(17)16-8-4-2-1-3-5-9-16;1-13-8(12)6-3-2-4-10(6)7(11)5-9;;/h7-8,12-13,21-24,27H,2-6,9-11,14-20H2,1H3,(H,32,33);6-7,11-12,20-23,26H,1-5,8-10,13-19H2,(H,31,32)(H,38,39);6-7,10-11,16-19H,1-5,8-9,12-15H2;6H,2-5,9H2,1H3;;1H2/q;;;;+1;/p-1/t22-,23+,24?,27-;21-,22+,23?,26?;17-,18+,19?;6-;;/m0..0../s1. The van der Waals surface area contributed by atoms with Crippen molar-refractivity contribution in [3.8, 4) is 0 Å². The number of esters is 2. The van der Waals surface area contributed by atoms with E-state index < -0.39 is 30.1 Å². The summed E-state index contributed by atoms with van der Waals surface area (Å²) in [6, 6.07) is 27.6. The zero-order valence-corrected chi connectivity index (χ0v) is 74.9. The second-order valence-corrected chi connectivity index (χ2v) is 36.6. The van der Waals surface area contributed by atoms with Crippen LogP contribution in [0.1, 0.15) is 269 Å². The number of aliphatic carboxylic acids is 1. The van der Waals surface area contributed by atoms with Gasteiger partial charge in [-0.15, -0.1) is 0 Å². The Bertz CT molecular complexity index is 4710. The number of nitrogens with one attached hydrogen (secondary N) is 2. The number of nitrogens with two attached hydrogens (primary N) is 1. The van der Waals surface area contributed by atoms with Crippen LogP contribution in [0, 0.1) is 0 Å². The van der Waals surface area contributed by atoms with Gasteiger partial charge in [0.15, 0.2) is 16.8 Å². The SMILES string of the molecule is COC(=O)[C@@H]1CCCN1C(=O)CN.COC(=O)[C@@H]1CCCN1C(=O)CNc1nc2ccccc2n(C2C[C@H]3CC[C@@H](C2)N3C2CCCCCCC2)c1=O.O=C(O)C1CCCN1C(=O)CNc1nc2ccccc2n(C2C[C@H]3CC[C@@H](C2)N3C2CCCCCCC2)c1=O.O=c1c(Cl)nc2ccccc2n1C1C[C@H]2CC[C@@H](C1)N2C1CCCCCCC1.[Na+].[OH-]. The largest absolute Gasteiger partial charge is 1.00 e. The second kappa shape index (κ2) is 43.2. The van der Waals surface area contributed by atoms with Gasteiger partial charge in [0.25, 0.3) is 16.7 Å². The van der Waals surface area contributed by atoms with Crippen molar-refractivity contribution in [3.63, 3.8) is 0 Å². The van der Waals surface area contributed by atoms with E-state index in [4.69, 9.17) is 22.1 Å². The number of amides is 3. The average molecular weight is 1710 g/mol. The van der Waals surface area contributed by atoms with E-state index in [-0.39, 0.29) is 130 Å². The monoisotopic (exact) mass is 1710 g/mol. The normalized spacial score (nSPS) is 27.3. The summed E-state index contributed by atoms with van der Waals surface area (Å²) in [5.41, 5.74) is 9.66. The van der Waals surface area contributed by atoms with Gasteiger partial charge in [-0.3, -0.25) is 43.5 Å². The Morgan fingerprint density at radius 2 is 0.672 bits per heavy atom. The minimum absolute atomic E-state index is 0. The van der Waals surface area contributed by atoms with Crippen molar-refractivity contribution in [2.75, 3.05) is 64.1 Å². The van der Waals surface area contributed by atoms with Crippen LogP contribution in [0.25, 0.3) is 33.1 Å². The summed E-state index contributed by atoms with van der Waals surface area (Å²) in [5.74, 6) is -2.07. The van der Waals surface area contributed by atoms with Gasteiger partial charge in [-0.05, 0) is 190 Å². The van der Waals surface area contributed by atoms with Gasteiger partial charge in [0.2, 0.25) is 17.7 Å². The van der Waals surface area contributed by atoms with Gasteiger partial charge in [-0.1, -0.05) is 144 Å². The smallest absolute Gasteiger partial charge is 0.870 e. The van der Waals surface area contributed by atoms with Gasteiger partial charge in [0.1, 0.15) is 18.1 Å². The molecule has 6 bridgehead atoms. The predicted octanol–water partition coefficient (Wildman–Crippen LogP) is 9.69. The fraction of sp³-hybridized carbons (Fsp3) is 0.674. The predicted molar refractivity (Wildman–Crippen MR) is 466 cm³/mol. The molecule has 30 heteroatoms. The molecule has 28 nitrogen and oxygen atoms in total. The molecule has 9 aliphatic heterocycles. The van der Waals surface area contributed by atoms with Crippen LogP contribution in [0.2, 0.25) is 5.15 Å². The van der Waals surface area contributed by atoms with E-state index in [1.165, 1.54) is 197 Å². The summed E-state index contributed by atoms with van der Waals surface area (Å²) in [6.07, 6.45) is 45.9. The molecule has 12 aliphatic rings. The first-order valence-electron chi connectivity index (χ1n) is 45.9. The van der Waals surface area contributed by atoms with E-state index in [0.717, 1.165) is 90.5 Å². The number of hydrogen-bond donors (Lipinski definition) is 4. The third-order valence-corrected chi connectivity index (χ3v) is 29.4. The minimum Gasteiger partial charge on any atom is -0.870 e. The Hall–Kier alpha value is -7.41. The maximum Gasteiger partial charge on any atom is 1.00 e. The number of ether oxygens (including phenoxy) is 2. The Balaban J connectivity index is 0.000000147. The summed E-state index contributed by atoms with van der Waals surface area (Å²) in [7, 11) is 2.67. The number of hydrogen-bond acceptors (Lipinski definition) is 21. The van der Waals surface area contributed by atoms with Crippen molar-refractivity contribution in [1.82, 2.24) is 58.1 Å². The van der Waals surface area contributed by atoms with Crippen molar-refractivity contribution in [2.24, 2.45) is 5.73 Å². The van der Waals surface area contributed by atoms with Crippen molar-refractivity contribution in [3.05, 3.63) is 109 Å². The number of benzene rings is 3. The average Bonchev–Trinajstić information content (AvgIpc) is 1.48. The molecule has 3 aromatic heterocycles. The topological polar surface area (TPSA) is 345 Å². The summed E-state index contributed by atoms with van der Waals surface area (Å²) in [4.78, 5) is 139. The molecule has 12 fully saturated rings. The zero-order chi connectivity index (χ0) is 83.5. The second-order valence-electron chi connectivity index (χ2n) is 36.2. The molecule has 122 heavy (non-hydrogen) atoms. The number of carbonyl (C=O) groups is 6. The number of aromatic nitrogens is 6. The third kappa shape index (κ3) is 20.6. The summed E-state index contributed by atoms with van der Waals surface area (Å²) in [6.45, 7) is 1.27. The Morgan fingerprint density at radius 1 is 0.385 bits per heavy atom. The molecular weight excluding hydrogens is 1580 g/mol. The first-order chi connectivity index (χ1) is 58.5. The molecular formula is C92H129ClN15NaO13. The molecule has 658 valence electrons. The van der Waals surface area contributed by atoms with Crippen LogP contribution in [-0.2, 0) is 38.2 Å². The van der Waals surface area contributed by atoms with Crippen LogP contribution in [0.3, 0.4) is 0 Å². The maximum atomic E-state index is 14.0. The van der Waals surface area contributed by atoms with Gasteiger partial charge < -0.3 is 64.8 Å². The molecule has 9 saturated heterocycles. The van der Waals surface area contributed by atoms with E-state index in [0.29, 0.717) is 93.7 Å². The molecule has 12 heterocycles. The Kier molecular flexibility index (Phi) is 32.7. The molecule has 18 rings (SSSR count). The number of carboxylic acid groups (broad SMARTS) is 1. The van der Waals surface area contributed by atoms with E-state index in [1.807, 2.05) is 86.5 Å². The summed E-state index contributed by atoms with van der Waals surface area (Å²) < 4.78 is 15.3. The maximum absolute atomic E-state index is 14.0. The number of fused-ring (bicyclic) bond motifs is 9. The van der Waals surface area contributed by atoms with E-state index in [9.17, 15) is 48.3 Å². The number of anilines is 2. The van der Waals surface area contributed by atoms with Crippen molar-refractivity contribution >= 4 is 92.0 Å². The van der Waals surface area contributed by atoms with Crippen molar-refractivity contribution < 1.29 is 78.4 Å². The molecule has 3 amide bonds. The Morgan fingerprint density at radius 3 is 0.992 bits per heavy atom. The Labute approximate surface area is 743 Å². The first kappa shape index (κ1) is 92.3. The molecule has 0 spiro atoms. The summed E-state index contributed by atoms with van der Waals surface area (Å²) in [5, 5.41) is 15.6. The van der Waals surface area contributed by atoms with Gasteiger partial charge >= 0.3 is 47.5 Å². The van der Waals surface area contributed by atoms with Crippen molar-refractivity contribution in [1.29, 1.82) is 0 Å². The number of rotatable bonds is 16. The van der Waals surface area contributed by atoms with Crippen LogP contribution in [-0.4, -0.2) is 230 Å². The van der Waals surface area contributed by atoms with Crippen LogP contribution in [0.15, 0.2) is 87.2 Å². The third-order valence-electron chi connectivity index (χ3n) is 29.2. The number of piperidine rings is 3. The van der Waals surface area contributed by atoms with Gasteiger partial charge in [-0.25, -0.2) is 29.3 Å². The van der Waals surface area contributed by atoms with Crippen LogP contribution in [0.4, 0.5) is 11.6 Å². The van der Waals surface area contributed by atoms with Gasteiger partial charge in [0.05, 0.1) is 67.0 Å². The quantitative estimate of drug-likeness (QED) is 0.0517. The molecule has 4 unspecified atom stereocenters. The number of nitrogens with zero attached hydrogens (tertiary/aromatic N) is 12. The van der Waals surface area contributed by atoms with E-state index in [1.54, 1.807) is 4.90 Å². The van der Waals surface area contributed by atoms with Crippen LogP contribution >= 0.6 is 11.6 Å². The molecule has 3 aromatic carbocycles. The van der Waals surface area contributed by atoms with Gasteiger partial charge in [-0.2, -0.15) is 0 Å². The number of methoxy groups -OCH3 is 2. The van der Waals surface area contributed by atoms with Gasteiger partial charge in [0, 0.05) is 92.1 Å². The molecule has 12 atom stereocenters. The van der Waals surface area contributed by atoms with Crippen LogP contribution in [0.5, 0.6) is 0 Å². The number of para-hydroxylation sites is 6. The number of carboxylic acids is 1. The van der Waals surface area contributed by atoms with E-state index in [2.05, 4.69) is 45.0 Å². The molecule has 3 aliphatic carbocycles. The van der Waals surface area contributed by atoms with Crippen molar-refractivity contribution in [2.45, 2.75) is 341 Å². The fourth-order valence-electron chi connectivity index (χ4n) is 23.8. The number of carbonyl (C=O) groups excluding carboxylic acids is 5. The molecule has 3 saturated carbocycles. The van der Waals surface area contributed by atoms with Crippen LogP contribution < -0.4 is 62.6 Å². The molecule has 6 N–H and O–H groups in total. The number of likely N-dealkylation sites (tertiary alicyclic amines) is 3. The number of halogens is 1. The molecule has 0 radical (unpaired) electrons. The first-order valence-corrected chi connectivity index (χ1v) is 46.3. The van der Waals surface area contributed by atoms with E-state index >= 15 is 0 Å².